The lowest BCUT2D eigenvalue weighted by Crippen LogP contribution is -2.32. The van der Waals surface area contributed by atoms with Crippen molar-refractivity contribution in [3.05, 3.63) is 89.8 Å². The molecule has 2 heterocycles. The van der Waals surface area contributed by atoms with Crippen LogP contribution in [0.25, 0.3) is 22.3 Å². The summed E-state index contributed by atoms with van der Waals surface area (Å²) in [5.74, 6) is -9.05. The molecule has 0 bridgehead atoms. The number of hydrogen-bond donors (Lipinski definition) is 2. The fraction of sp³-hybridized carbons (Fsp3) is 0.172. The van der Waals surface area contributed by atoms with Crippen LogP contribution in [-0.2, 0) is 16.6 Å². The lowest BCUT2D eigenvalue weighted by atomic mass is 10.1. The Bertz CT molecular complexity index is 2010. The zero-order valence-corrected chi connectivity index (χ0v) is 24.6. The molecule has 5 aromatic rings. The van der Waals surface area contributed by atoms with Gasteiger partial charge in [0, 0.05) is 32.7 Å². The third-order valence-electron chi connectivity index (χ3n) is 6.69. The van der Waals surface area contributed by atoms with E-state index < -0.39 is 49.7 Å². The summed E-state index contributed by atoms with van der Waals surface area (Å²) in [5, 5.41) is 7.31. The Kier molecular flexibility index (Phi) is 8.70. The molecular formula is C29H25F4N7O4S. The van der Waals surface area contributed by atoms with Crippen LogP contribution in [0, 0.1) is 23.3 Å². The van der Waals surface area contributed by atoms with Gasteiger partial charge in [-0.05, 0) is 42.8 Å². The van der Waals surface area contributed by atoms with Gasteiger partial charge in [-0.1, -0.05) is 18.2 Å². The van der Waals surface area contributed by atoms with Gasteiger partial charge in [-0.15, -0.1) is 0 Å². The monoisotopic (exact) mass is 643 g/mol. The van der Waals surface area contributed by atoms with Gasteiger partial charge in [0.15, 0.2) is 28.9 Å². The first kappa shape index (κ1) is 31.3. The quantitative estimate of drug-likeness (QED) is 0.0980. The summed E-state index contributed by atoms with van der Waals surface area (Å²) in [6.45, 7) is -0.0942. The number of aromatic nitrogens is 4. The Morgan fingerprint density at radius 2 is 1.58 bits per heavy atom. The Balaban J connectivity index is 1.35. The van der Waals surface area contributed by atoms with Crippen LogP contribution in [0.1, 0.15) is 16.8 Å². The minimum absolute atomic E-state index is 0.124. The molecular weight excluding hydrogens is 618 g/mol. The van der Waals surface area contributed by atoms with Gasteiger partial charge in [0.25, 0.3) is 5.91 Å². The van der Waals surface area contributed by atoms with Crippen molar-refractivity contribution in [3.8, 4) is 22.8 Å². The minimum Gasteiger partial charge on any atom is -0.457 e. The normalized spacial score (nSPS) is 11.7. The predicted molar refractivity (Wildman–Crippen MR) is 156 cm³/mol. The molecule has 0 saturated heterocycles. The van der Waals surface area contributed by atoms with Crippen LogP contribution >= 0.6 is 0 Å². The van der Waals surface area contributed by atoms with Gasteiger partial charge in [-0.25, -0.2) is 44.9 Å². The number of carbonyl (C=O) groups excluding carboxylic acids is 1. The molecule has 0 aliphatic rings. The van der Waals surface area contributed by atoms with Crippen LogP contribution in [-0.4, -0.2) is 59.0 Å². The number of ether oxygens (including phenoxy) is 1. The molecule has 0 spiro atoms. The maximum Gasteiger partial charge on any atom is 0.255 e. The highest BCUT2D eigenvalue weighted by atomic mass is 32.2. The largest absolute Gasteiger partial charge is 0.457 e. The maximum atomic E-state index is 14.7. The number of sulfonamides is 1. The van der Waals surface area contributed by atoms with Crippen LogP contribution in [0.2, 0.25) is 0 Å². The maximum absolute atomic E-state index is 14.7. The molecule has 3 N–H and O–H groups in total. The predicted octanol–water partition coefficient (Wildman–Crippen LogP) is 4.49. The van der Waals surface area contributed by atoms with Crippen LogP contribution in [0.4, 0.5) is 23.4 Å². The van der Waals surface area contributed by atoms with Crippen LogP contribution in [0.5, 0.6) is 11.5 Å². The number of para-hydroxylation sites is 1. The smallest absolute Gasteiger partial charge is 0.255 e. The first-order valence-electron chi connectivity index (χ1n) is 13.3. The number of nitrogens with zero attached hydrogens (tertiary/aromatic N) is 5. The molecule has 1 amide bonds. The molecule has 0 aliphatic carbocycles. The third kappa shape index (κ3) is 6.01. The average molecular weight is 644 g/mol. The standard InChI is InChI=1S/C29H25F4N7O4S/c1-39(2)45(42,43)26-19(21(30)22(31)23(32)24(26)33)29(41)35-13-6-14-40-28-20(27(34)36-15-37-28)25(38-40)16-9-11-18(12-10-16)44-17-7-4-3-5-8-17/h3-5,7-12,15H,6,13-14H2,1-2H3,(H,35,41)(H2,34,36,37). The minimum atomic E-state index is -4.89. The van der Waals surface area contributed by atoms with E-state index in [0.29, 0.717) is 38.1 Å². The lowest BCUT2D eigenvalue weighted by Gasteiger charge is -2.17. The summed E-state index contributed by atoms with van der Waals surface area (Å²) in [6, 6.07) is 16.3. The topological polar surface area (TPSA) is 145 Å². The van der Waals surface area contributed by atoms with E-state index in [1.54, 1.807) is 24.3 Å². The fourth-order valence-corrected chi connectivity index (χ4v) is 5.57. The molecule has 0 unspecified atom stereocenters. The molecule has 3 aromatic carbocycles. The second kappa shape index (κ2) is 12.5. The van der Waals surface area contributed by atoms with E-state index in [0.717, 1.165) is 14.1 Å². The summed E-state index contributed by atoms with van der Waals surface area (Å²) < 4.78 is 90.1. The molecule has 11 nitrogen and oxygen atoms in total. The van der Waals surface area contributed by atoms with E-state index in [1.807, 2.05) is 30.3 Å². The highest BCUT2D eigenvalue weighted by molar-refractivity contribution is 7.89. The number of benzene rings is 3. The van der Waals surface area contributed by atoms with Crippen molar-refractivity contribution in [2.24, 2.45) is 0 Å². The van der Waals surface area contributed by atoms with Gasteiger partial charge in [-0.2, -0.15) is 5.10 Å². The molecule has 0 saturated carbocycles. The molecule has 0 aliphatic heterocycles. The van der Waals surface area contributed by atoms with E-state index >= 15 is 0 Å². The van der Waals surface area contributed by atoms with Gasteiger partial charge >= 0.3 is 0 Å². The fourth-order valence-electron chi connectivity index (χ4n) is 4.45. The second-order valence-corrected chi connectivity index (χ2v) is 11.9. The first-order valence-corrected chi connectivity index (χ1v) is 14.7. The number of carbonyl (C=O) groups is 1. The van der Waals surface area contributed by atoms with E-state index in [2.05, 4.69) is 20.4 Å². The van der Waals surface area contributed by atoms with E-state index in [1.165, 1.54) is 11.0 Å². The number of aryl methyl sites for hydroxylation is 1. The Labute approximate surface area is 254 Å². The highest BCUT2D eigenvalue weighted by Gasteiger charge is 2.37. The molecule has 0 radical (unpaired) electrons. The van der Waals surface area contributed by atoms with Gasteiger partial charge in [0.1, 0.15) is 39.8 Å². The second-order valence-electron chi connectivity index (χ2n) is 9.83. The summed E-state index contributed by atoms with van der Waals surface area (Å²) in [7, 11) is -2.97. The molecule has 2 aromatic heterocycles. The first-order chi connectivity index (χ1) is 21.4. The number of fused-ring (bicyclic) bond motifs is 1. The Morgan fingerprint density at radius 3 is 2.24 bits per heavy atom. The summed E-state index contributed by atoms with van der Waals surface area (Å²) >= 11 is 0. The van der Waals surface area contributed by atoms with Crippen LogP contribution < -0.4 is 15.8 Å². The number of halogens is 4. The number of rotatable bonds is 10. The number of amides is 1. The molecule has 0 fully saturated rings. The van der Waals surface area contributed by atoms with E-state index in [-0.39, 0.29) is 25.3 Å². The Hall–Kier alpha value is -5.09. The van der Waals surface area contributed by atoms with Gasteiger partial charge in [-0.3, -0.25) is 4.79 Å². The number of nitrogens with two attached hydrogens (primary N) is 1. The van der Waals surface area contributed by atoms with E-state index in [4.69, 9.17) is 10.5 Å². The van der Waals surface area contributed by atoms with Crippen molar-refractivity contribution < 1.29 is 35.5 Å². The number of anilines is 1. The summed E-state index contributed by atoms with van der Waals surface area (Å²) in [6.07, 6.45) is 1.38. The summed E-state index contributed by atoms with van der Waals surface area (Å²) in [5.41, 5.74) is 6.20. The van der Waals surface area contributed by atoms with Gasteiger partial charge in [0.05, 0.1) is 5.39 Å². The van der Waals surface area contributed by atoms with Crippen molar-refractivity contribution in [1.82, 2.24) is 29.4 Å². The number of nitrogen functional groups attached to an aromatic ring is 1. The molecule has 45 heavy (non-hydrogen) atoms. The Morgan fingerprint density at radius 1 is 0.933 bits per heavy atom. The number of nitrogens with one attached hydrogen (secondary N) is 1. The van der Waals surface area contributed by atoms with Gasteiger partial charge in [0.2, 0.25) is 10.0 Å². The van der Waals surface area contributed by atoms with Crippen molar-refractivity contribution >= 4 is 32.8 Å². The van der Waals surface area contributed by atoms with Crippen molar-refractivity contribution in [2.75, 3.05) is 26.4 Å². The number of hydrogen-bond acceptors (Lipinski definition) is 8. The van der Waals surface area contributed by atoms with Crippen molar-refractivity contribution in [2.45, 2.75) is 17.9 Å². The highest BCUT2D eigenvalue weighted by Crippen LogP contribution is 2.33. The zero-order chi connectivity index (χ0) is 32.5. The molecule has 16 heteroatoms. The third-order valence-corrected chi connectivity index (χ3v) is 8.55. The SMILES string of the molecule is CN(C)S(=O)(=O)c1c(F)c(F)c(F)c(F)c1C(=O)NCCCn1nc(-c2ccc(Oc3ccccc3)cc2)c2c(N)ncnc21. The van der Waals surface area contributed by atoms with Crippen LogP contribution in [0.3, 0.4) is 0 Å². The molecule has 5 rings (SSSR count). The van der Waals surface area contributed by atoms with Crippen molar-refractivity contribution in [3.63, 3.8) is 0 Å². The lowest BCUT2D eigenvalue weighted by molar-refractivity contribution is 0.0942. The summed E-state index contributed by atoms with van der Waals surface area (Å²) in [4.78, 5) is 19.5. The zero-order valence-electron chi connectivity index (χ0n) is 23.8. The average Bonchev–Trinajstić information content (AvgIpc) is 3.40. The van der Waals surface area contributed by atoms with E-state index in [9.17, 15) is 30.8 Å². The molecule has 234 valence electrons. The van der Waals surface area contributed by atoms with Gasteiger partial charge < -0.3 is 15.8 Å². The van der Waals surface area contributed by atoms with Crippen molar-refractivity contribution in [1.29, 1.82) is 0 Å². The molecule has 0 atom stereocenters. The van der Waals surface area contributed by atoms with Crippen LogP contribution in [0.15, 0.2) is 65.8 Å².